The number of nitrogens with zero attached hydrogens (tertiary/aromatic N) is 1. The number of phenols is 1. The largest absolute Gasteiger partial charge is 0.504 e. The average Bonchev–Trinajstić information content (AvgIpc) is 2.61. The van der Waals surface area contributed by atoms with Crippen molar-refractivity contribution in [2.45, 2.75) is 12.5 Å². The van der Waals surface area contributed by atoms with Crippen LogP contribution in [0.2, 0.25) is 0 Å². The third kappa shape index (κ3) is 2.66. The van der Waals surface area contributed by atoms with Crippen LogP contribution in [0.15, 0.2) is 44.9 Å². The van der Waals surface area contributed by atoms with Crippen molar-refractivity contribution in [3.63, 3.8) is 0 Å². The first-order valence-electron chi connectivity index (χ1n) is 7.22. The maximum atomic E-state index is 12.2. The van der Waals surface area contributed by atoms with Crippen molar-refractivity contribution in [1.29, 1.82) is 5.26 Å². The van der Waals surface area contributed by atoms with Crippen LogP contribution in [0.25, 0.3) is 0 Å². The second kappa shape index (κ2) is 6.22. The summed E-state index contributed by atoms with van der Waals surface area (Å²) in [4.78, 5) is 12.2. The Morgan fingerprint density at radius 1 is 1.40 bits per heavy atom. The fourth-order valence-electron chi connectivity index (χ4n) is 2.67. The Morgan fingerprint density at radius 3 is 2.80 bits per heavy atom. The summed E-state index contributed by atoms with van der Waals surface area (Å²) in [5.41, 5.74) is 5.81. The van der Waals surface area contributed by atoms with Crippen molar-refractivity contribution in [2.75, 3.05) is 7.11 Å². The van der Waals surface area contributed by atoms with Crippen LogP contribution >= 0.6 is 0 Å². The zero-order valence-corrected chi connectivity index (χ0v) is 13.1. The highest BCUT2D eigenvalue weighted by Crippen LogP contribution is 2.42. The molecule has 8 nitrogen and oxygen atoms in total. The molecule has 1 atom stereocenters. The number of rotatable bonds is 3. The fraction of sp³-hybridized carbons (Fsp3) is 0.176. The molecule has 3 rings (SSSR count). The van der Waals surface area contributed by atoms with E-state index in [1.165, 1.54) is 19.2 Å². The van der Waals surface area contributed by atoms with E-state index in [4.69, 9.17) is 19.6 Å². The van der Waals surface area contributed by atoms with Crippen molar-refractivity contribution >= 4 is 0 Å². The first-order chi connectivity index (χ1) is 12.0. The first kappa shape index (κ1) is 16.4. The molecule has 1 aromatic carbocycles. The summed E-state index contributed by atoms with van der Waals surface area (Å²) in [5.74, 6) is -1.03. The topological polar surface area (TPSA) is 139 Å². The quantitative estimate of drug-likeness (QED) is 0.752. The lowest BCUT2D eigenvalue weighted by Gasteiger charge is -2.25. The zero-order valence-electron chi connectivity index (χ0n) is 13.1. The lowest BCUT2D eigenvalue weighted by atomic mass is 9.87. The summed E-state index contributed by atoms with van der Waals surface area (Å²) >= 11 is 0. The van der Waals surface area contributed by atoms with Gasteiger partial charge in [0.2, 0.25) is 17.1 Å². The Bertz CT molecular complexity index is 970. The summed E-state index contributed by atoms with van der Waals surface area (Å²) in [6.07, 6.45) is 0. The van der Waals surface area contributed by atoms with Gasteiger partial charge in [0.05, 0.1) is 13.0 Å². The molecule has 0 spiro atoms. The predicted molar refractivity (Wildman–Crippen MR) is 84.9 cm³/mol. The molecular formula is C17H14N2O6. The number of benzene rings is 1. The third-order valence-electron chi connectivity index (χ3n) is 3.82. The van der Waals surface area contributed by atoms with E-state index in [2.05, 4.69) is 0 Å². The molecule has 2 heterocycles. The Balaban J connectivity index is 2.29. The maximum absolute atomic E-state index is 12.2. The fourth-order valence-corrected chi connectivity index (χ4v) is 2.67. The minimum absolute atomic E-state index is 0.0286. The highest BCUT2D eigenvalue weighted by molar-refractivity contribution is 5.54. The molecule has 1 aliphatic heterocycles. The number of nitrogens with two attached hydrogens (primary N) is 1. The second-order valence-electron chi connectivity index (χ2n) is 5.28. The summed E-state index contributed by atoms with van der Waals surface area (Å²) in [7, 11) is 1.39. The molecule has 0 saturated carbocycles. The maximum Gasteiger partial charge on any atom is 0.228 e. The highest BCUT2D eigenvalue weighted by atomic mass is 16.5. The molecule has 0 radical (unpaired) electrons. The van der Waals surface area contributed by atoms with Crippen molar-refractivity contribution in [3.8, 4) is 23.3 Å². The van der Waals surface area contributed by atoms with Gasteiger partial charge in [0.1, 0.15) is 24.0 Å². The van der Waals surface area contributed by atoms with Crippen LogP contribution in [0.4, 0.5) is 0 Å². The Hall–Kier alpha value is -3.44. The number of allylic oxidation sites excluding steroid dienone is 1. The molecular weight excluding hydrogens is 328 g/mol. The predicted octanol–water partition coefficient (Wildman–Crippen LogP) is 1.06. The molecule has 0 amide bonds. The molecule has 8 heteroatoms. The smallest absolute Gasteiger partial charge is 0.228 e. The van der Waals surface area contributed by atoms with Crippen LogP contribution in [0.3, 0.4) is 0 Å². The van der Waals surface area contributed by atoms with Crippen LogP contribution in [0.5, 0.6) is 17.2 Å². The Morgan fingerprint density at radius 2 is 2.16 bits per heavy atom. The van der Waals surface area contributed by atoms with E-state index < -0.39 is 18.0 Å². The number of hydrogen-bond acceptors (Lipinski definition) is 8. The number of aliphatic hydroxyl groups excluding tert-OH is 1. The second-order valence-corrected chi connectivity index (χ2v) is 5.28. The lowest BCUT2D eigenvalue weighted by Crippen LogP contribution is -2.25. The normalized spacial score (nSPS) is 16.0. The van der Waals surface area contributed by atoms with E-state index in [0.29, 0.717) is 5.56 Å². The van der Waals surface area contributed by atoms with E-state index in [-0.39, 0.29) is 40.2 Å². The van der Waals surface area contributed by atoms with Crippen LogP contribution in [0.1, 0.15) is 23.0 Å². The molecule has 2 aromatic rings. The van der Waals surface area contributed by atoms with Gasteiger partial charge in [-0.2, -0.15) is 5.26 Å². The van der Waals surface area contributed by atoms with Crippen molar-refractivity contribution < 1.29 is 24.1 Å². The standard InChI is InChI=1S/C17H14N2O6/c1-23-13-4-8(2-3-11(13)21)14-10(6-18)17(19)25-15-12(22)5-9(7-20)24-16(14)15/h2-5,14,20-21H,7,19H2,1H3. The summed E-state index contributed by atoms with van der Waals surface area (Å²) in [6.45, 7) is -0.491. The third-order valence-corrected chi connectivity index (χ3v) is 3.82. The van der Waals surface area contributed by atoms with Crippen LogP contribution < -0.4 is 20.6 Å². The van der Waals surface area contributed by atoms with Gasteiger partial charge in [-0.3, -0.25) is 4.79 Å². The SMILES string of the molecule is COc1cc(C2C(C#N)=C(N)Oc3c2oc(CO)cc3=O)ccc1O. The number of ether oxygens (including phenoxy) is 2. The number of hydrogen-bond donors (Lipinski definition) is 3. The highest BCUT2D eigenvalue weighted by Gasteiger charge is 2.35. The van der Waals surface area contributed by atoms with Gasteiger partial charge in [0.25, 0.3) is 0 Å². The van der Waals surface area contributed by atoms with E-state index in [0.717, 1.165) is 6.07 Å². The Labute approximate surface area is 141 Å². The molecule has 0 aliphatic carbocycles. The summed E-state index contributed by atoms with van der Waals surface area (Å²) < 4.78 is 15.9. The molecule has 1 unspecified atom stereocenters. The number of fused-ring (bicyclic) bond motifs is 1. The van der Waals surface area contributed by atoms with Crippen molar-refractivity contribution in [2.24, 2.45) is 5.73 Å². The van der Waals surface area contributed by atoms with E-state index in [1.54, 1.807) is 6.07 Å². The lowest BCUT2D eigenvalue weighted by molar-refractivity contribution is 0.231. The van der Waals surface area contributed by atoms with Gasteiger partial charge in [-0.25, -0.2) is 0 Å². The molecule has 4 N–H and O–H groups in total. The van der Waals surface area contributed by atoms with E-state index >= 15 is 0 Å². The van der Waals surface area contributed by atoms with Crippen molar-refractivity contribution in [3.05, 3.63) is 63.0 Å². The molecule has 0 bridgehead atoms. The van der Waals surface area contributed by atoms with Gasteiger partial charge in [-0.05, 0) is 17.7 Å². The van der Waals surface area contributed by atoms with E-state index in [1.807, 2.05) is 6.07 Å². The van der Waals surface area contributed by atoms with Crippen molar-refractivity contribution in [1.82, 2.24) is 0 Å². The van der Waals surface area contributed by atoms with E-state index in [9.17, 15) is 20.3 Å². The van der Waals surface area contributed by atoms with Gasteiger partial charge in [-0.1, -0.05) is 6.07 Å². The van der Waals surface area contributed by atoms with Gasteiger partial charge in [0, 0.05) is 6.07 Å². The summed E-state index contributed by atoms with van der Waals surface area (Å²) in [5, 5.41) is 28.5. The summed E-state index contributed by atoms with van der Waals surface area (Å²) in [6, 6.07) is 7.50. The molecule has 25 heavy (non-hydrogen) atoms. The zero-order chi connectivity index (χ0) is 18.1. The first-order valence-corrected chi connectivity index (χ1v) is 7.22. The molecule has 128 valence electrons. The monoisotopic (exact) mass is 342 g/mol. The van der Waals surface area contributed by atoms with Gasteiger partial charge in [0.15, 0.2) is 17.3 Å². The number of aliphatic hydroxyl groups is 1. The van der Waals surface area contributed by atoms with Crippen LogP contribution in [-0.4, -0.2) is 17.3 Å². The number of phenolic OH excluding ortho intramolecular Hbond substituents is 1. The van der Waals surface area contributed by atoms with Gasteiger partial charge in [-0.15, -0.1) is 0 Å². The minimum atomic E-state index is -0.845. The molecule has 1 aliphatic rings. The molecule has 1 aromatic heterocycles. The number of nitriles is 1. The number of aromatic hydroxyl groups is 1. The molecule has 0 saturated heterocycles. The van der Waals surface area contributed by atoms with Crippen LogP contribution in [0, 0.1) is 11.3 Å². The van der Waals surface area contributed by atoms with Gasteiger partial charge >= 0.3 is 0 Å². The number of methoxy groups -OCH3 is 1. The Kier molecular flexibility index (Phi) is 4.09. The average molecular weight is 342 g/mol. The van der Waals surface area contributed by atoms with Gasteiger partial charge < -0.3 is 29.8 Å². The van der Waals surface area contributed by atoms with Crippen LogP contribution in [-0.2, 0) is 6.61 Å². The minimum Gasteiger partial charge on any atom is -0.504 e. The molecule has 0 fully saturated rings.